The molecule has 1 nitrogen and oxygen atoms in total. The van der Waals surface area contributed by atoms with Crippen molar-refractivity contribution in [1.82, 2.24) is 0 Å². The van der Waals surface area contributed by atoms with Crippen LogP contribution < -0.4 is 0 Å². The highest BCUT2D eigenvalue weighted by Gasteiger charge is 2.02. The molecule has 0 saturated carbocycles. The van der Waals surface area contributed by atoms with Crippen LogP contribution in [0.25, 0.3) is 0 Å². The number of aryl methyl sites for hydroxylation is 2. The first-order valence-corrected chi connectivity index (χ1v) is 5.43. The standard InChI is InChI=1S/C11H13BrO/c1-8-3-4-11(9(2)13)7-10(8)5-6-12/h3-4,7H,5-6H2,1-2H3. The Morgan fingerprint density at radius 2 is 2.15 bits per heavy atom. The van der Waals surface area contributed by atoms with Crippen molar-refractivity contribution < 1.29 is 4.79 Å². The Kier molecular flexibility index (Phi) is 3.67. The highest BCUT2D eigenvalue weighted by molar-refractivity contribution is 9.09. The first-order valence-electron chi connectivity index (χ1n) is 4.31. The molecule has 70 valence electrons. The molecule has 0 fully saturated rings. The smallest absolute Gasteiger partial charge is 0.159 e. The van der Waals surface area contributed by atoms with E-state index in [4.69, 9.17) is 0 Å². The lowest BCUT2D eigenvalue weighted by Gasteiger charge is -2.05. The molecule has 0 heterocycles. The topological polar surface area (TPSA) is 17.1 Å². The van der Waals surface area contributed by atoms with Crippen LogP contribution >= 0.6 is 15.9 Å². The molecule has 0 spiro atoms. The van der Waals surface area contributed by atoms with E-state index < -0.39 is 0 Å². The van der Waals surface area contributed by atoms with E-state index in [1.807, 2.05) is 18.2 Å². The molecule has 0 N–H and O–H groups in total. The second-order valence-corrected chi connectivity index (χ2v) is 3.93. The van der Waals surface area contributed by atoms with E-state index in [2.05, 4.69) is 22.9 Å². The highest BCUT2D eigenvalue weighted by Crippen LogP contribution is 2.13. The minimum absolute atomic E-state index is 0.135. The van der Waals surface area contributed by atoms with Gasteiger partial charge in [0.2, 0.25) is 0 Å². The van der Waals surface area contributed by atoms with E-state index in [1.165, 1.54) is 11.1 Å². The average Bonchev–Trinajstić information content (AvgIpc) is 2.08. The van der Waals surface area contributed by atoms with Gasteiger partial charge in [0.15, 0.2) is 5.78 Å². The predicted molar refractivity (Wildman–Crippen MR) is 58.7 cm³/mol. The van der Waals surface area contributed by atoms with Crippen LogP contribution in [0.15, 0.2) is 18.2 Å². The summed E-state index contributed by atoms with van der Waals surface area (Å²) in [5.41, 5.74) is 3.32. The zero-order chi connectivity index (χ0) is 9.84. The highest BCUT2D eigenvalue weighted by atomic mass is 79.9. The summed E-state index contributed by atoms with van der Waals surface area (Å²) in [6.45, 7) is 3.67. The minimum Gasteiger partial charge on any atom is -0.295 e. The number of carbonyl (C=O) groups excluding carboxylic acids is 1. The van der Waals surface area contributed by atoms with Crippen LogP contribution in [-0.4, -0.2) is 11.1 Å². The Morgan fingerprint density at radius 3 is 2.69 bits per heavy atom. The third-order valence-electron chi connectivity index (χ3n) is 2.12. The van der Waals surface area contributed by atoms with Crippen molar-refractivity contribution in [3.8, 4) is 0 Å². The Hall–Kier alpha value is -0.630. The number of halogens is 1. The maximum absolute atomic E-state index is 11.1. The van der Waals surface area contributed by atoms with Gasteiger partial charge in [0.1, 0.15) is 0 Å². The van der Waals surface area contributed by atoms with Gasteiger partial charge in [-0.1, -0.05) is 28.1 Å². The van der Waals surface area contributed by atoms with Gasteiger partial charge >= 0.3 is 0 Å². The number of carbonyl (C=O) groups is 1. The van der Waals surface area contributed by atoms with Crippen molar-refractivity contribution in [3.63, 3.8) is 0 Å². The lowest BCUT2D eigenvalue weighted by atomic mass is 10.0. The zero-order valence-electron chi connectivity index (χ0n) is 7.93. The minimum atomic E-state index is 0.135. The fraction of sp³-hybridized carbons (Fsp3) is 0.364. The molecule has 0 amide bonds. The molecule has 0 aliphatic rings. The maximum atomic E-state index is 11.1. The molecule has 0 atom stereocenters. The van der Waals surface area contributed by atoms with Crippen LogP contribution in [0.1, 0.15) is 28.4 Å². The Morgan fingerprint density at radius 1 is 1.46 bits per heavy atom. The van der Waals surface area contributed by atoms with Crippen molar-refractivity contribution in [3.05, 3.63) is 34.9 Å². The fourth-order valence-corrected chi connectivity index (χ4v) is 1.69. The summed E-state index contributed by atoms with van der Waals surface area (Å²) in [6, 6.07) is 5.88. The molecule has 0 saturated heterocycles. The maximum Gasteiger partial charge on any atom is 0.159 e. The van der Waals surface area contributed by atoms with Gasteiger partial charge < -0.3 is 0 Å². The van der Waals surface area contributed by atoms with Crippen molar-refractivity contribution >= 4 is 21.7 Å². The van der Waals surface area contributed by atoms with Gasteiger partial charge in [-0.05, 0) is 37.5 Å². The van der Waals surface area contributed by atoms with Crippen molar-refractivity contribution in [2.75, 3.05) is 5.33 Å². The quantitative estimate of drug-likeness (QED) is 0.587. The molecule has 0 aliphatic carbocycles. The number of rotatable bonds is 3. The van der Waals surface area contributed by atoms with Gasteiger partial charge in [-0.25, -0.2) is 0 Å². The monoisotopic (exact) mass is 240 g/mol. The number of benzene rings is 1. The zero-order valence-corrected chi connectivity index (χ0v) is 9.52. The normalized spacial score (nSPS) is 10.1. The first-order chi connectivity index (χ1) is 6.15. The molecule has 0 unspecified atom stereocenters. The van der Waals surface area contributed by atoms with Crippen LogP contribution in [0.4, 0.5) is 0 Å². The third kappa shape index (κ3) is 2.66. The molecular weight excluding hydrogens is 228 g/mol. The molecule has 1 rings (SSSR count). The number of hydrogen-bond acceptors (Lipinski definition) is 1. The molecule has 0 radical (unpaired) electrons. The van der Waals surface area contributed by atoms with Crippen molar-refractivity contribution in [2.24, 2.45) is 0 Å². The van der Waals surface area contributed by atoms with E-state index in [1.54, 1.807) is 6.92 Å². The SMILES string of the molecule is CC(=O)c1ccc(C)c(CCBr)c1. The molecule has 0 aromatic heterocycles. The Balaban J connectivity index is 3.03. The van der Waals surface area contributed by atoms with Gasteiger partial charge in [-0.3, -0.25) is 4.79 Å². The fourth-order valence-electron chi connectivity index (χ4n) is 1.26. The van der Waals surface area contributed by atoms with E-state index >= 15 is 0 Å². The van der Waals surface area contributed by atoms with Crippen LogP contribution in [0.3, 0.4) is 0 Å². The summed E-state index contributed by atoms with van der Waals surface area (Å²) in [5, 5.41) is 0.940. The third-order valence-corrected chi connectivity index (χ3v) is 2.52. The lowest BCUT2D eigenvalue weighted by Crippen LogP contribution is -1.97. The lowest BCUT2D eigenvalue weighted by molar-refractivity contribution is 0.101. The molecule has 0 aliphatic heterocycles. The Labute approximate surface area is 87.3 Å². The van der Waals surface area contributed by atoms with Crippen LogP contribution in [-0.2, 0) is 6.42 Å². The van der Waals surface area contributed by atoms with E-state index in [-0.39, 0.29) is 5.78 Å². The Bertz CT molecular complexity index is 318. The van der Waals surface area contributed by atoms with Crippen molar-refractivity contribution in [2.45, 2.75) is 20.3 Å². The summed E-state index contributed by atoms with van der Waals surface area (Å²) in [6.07, 6.45) is 0.979. The number of hydrogen-bond donors (Lipinski definition) is 0. The molecule has 2 heteroatoms. The molecule has 13 heavy (non-hydrogen) atoms. The van der Waals surface area contributed by atoms with Crippen molar-refractivity contribution in [1.29, 1.82) is 0 Å². The summed E-state index contributed by atoms with van der Waals surface area (Å²) < 4.78 is 0. The largest absolute Gasteiger partial charge is 0.295 e. The van der Waals surface area contributed by atoms with Gasteiger partial charge in [0.05, 0.1) is 0 Å². The van der Waals surface area contributed by atoms with Gasteiger partial charge in [-0.15, -0.1) is 0 Å². The number of alkyl halides is 1. The van der Waals surface area contributed by atoms with E-state index in [9.17, 15) is 4.79 Å². The van der Waals surface area contributed by atoms with Crippen LogP contribution in [0.2, 0.25) is 0 Å². The number of ketones is 1. The summed E-state index contributed by atoms with van der Waals surface area (Å²) in [7, 11) is 0. The van der Waals surface area contributed by atoms with E-state index in [0.29, 0.717) is 0 Å². The second-order valence-electron chi connectivity index (χ2n) is 3.14. The van der Waals surface area contributed by atoms with Crippen LogP contribution in [0, 0.1) is 6.92 Å². The average molecular weight is 241 g/mol. The second kappa shape index (κ2) is 4.56. The van der Waals surface area contributed by atoms with E-state index in [0.717, 1.165) is 17.3 Å². The molecule has 1 aromatic rings. The molecule has 0 bridgehead atoms. The summed E-state index contributed by atoms with van der Waals surface area (Å²) in [5.74, 6) is 0.135. The first kappa shape index (κ1) is 10.5. The van der Waals surface area contributed by atoms with Crippen LogP contribution in [0.5, 0.6) is 0 Å². The van der Waals surface area contributed by atoms with Gasteiger partial charge in [0.25, 0.3) is 0 Å². The molecular formula is C11H13BrO. The number of Topliss-reactive ketones (excluding diaryl/α,β-unsaturated/α-hetero) is 1. The molecule has 1 aromatic carbocycles. The predicted octanol–water partition coefficient (Wildman–Crippen LogP) is 3.14. The van der Waals surface area contributed by atoms with Gasteiger partial charge in [0, 0.05) is 10.9 Å². The summed E-state index contributed by atoms with van der Waals surface area (Å²) in [4.78, 5) is 11.1. The summed E-state index contributed by atoms with van der Waals surface area (Å²) >= 11 is 3.40. The van der Waals surface area contributed by atoms with Gasteiger partial charge in [-0.2, -0.15) is 0 Å².